The van der Waals surface area contributed by atoms with Gasteiger partial charge in [-0.05, 0) is 29.3 Å². The highest BCUT2D eigenvalue weighted by atomic mass is 35.5. The maximum absolute atomic E-state index is 12.7. The molecule has 2 aromatic carbocycles. The fourth-order valence-electron chi connectivity index (χ4n) is 1.82. The average molecular weight is 307 g/mol. The molecule has 2 rings (SSSR count). The predicted octanol–water partition coefficient (Wildman–Crippen LogP) is 2.89. The molecule has 21 heavy (non-hydrogen) atoms. The molecule has 5 heteroatoms. The maximum atomic E-state index is 12.7. The van der Waals surface area contributed by atoms with Gasteiger partial charge in [0.2, 0.25) is 5.91 Å². The van der Waals surface area contributed by atoms with Gasteiger partial charge in [-0.3, -0.25) is 4.79 Å². The van der Waals surface area contributed by atoms with Gasteiger partial charge < -0.3 is 10.6 Å². The molecule has 3 nitrogen and oxygen atoms in total. The smallest absolute Gasteiger partial charge is 0.234 e. The van der Waals surface area contributed by atoms with Crippen LogP contribution in [0.25, 0.3) is 0 Å². The molecule has 0 radical (unpaired) electrons. The van der Waals surface area contributed by atoms with Crippen LogP contribution >= 0.6 is 11.6 Å². The summed E-state index contributed by atoms with van der Waals surface area (Å²) in [6.45, 7) is 1.11. The Kier molecular flexibility index (Phi) is 5.72. The van der Waals surface area contributed by atoms with Gasteiger partial charge in [-0.15, -0.1) is 0 Å². The van der Waals surface area contributed by atoms with E-state index in [1.807, 2.05) is 24.3 Å². The van der Waals surface area contributed by atoms with E-state index in [2.05, 4.69) is 10.6 Å². The summed E-state index contributed by atoms with van der Waals surface area (Å²) in [6.07, 6.45) is 0. The zero-order chi connectivity index (χ0) is 15.1. The molecular formula is C16H16ClFN2O. The second-order valence-corrected chi connectivity index (χ2v) is 5.01. The quantitative estimate of drug-likeness (QED) is 0.861. The Morgan fingerprint density at radius 3 is 2.48 bits per heavy atom. The molecule has 2 aromatic rings. The molecule has 0 saturated carbocycles. The summed E-state index contributed by atoms with van der Waals surface area (Å²) < 4.78 is 12.7. The second kappa shape index (κ2) is 7.76. The van der Waals surface area contributed by atoms with E-state index in [4.69, 9.17) is 11.6 Å². The first-order chi connectivity index (χ1) is 10.1. The van der Waals surface area contributed by atoms with Gasteiger partial charge in [-0.2, -0.15) is 0 Å². The van der Waals surface area contributed by atoms with Crippen molar-refractivity contribution >= 4 is 17.5 Å². The van der Waals surface area contributed by atoms with Gasteiger partial charge in [0.15, 0.2) is 0 Å². The summed E-state index contributed by atoms with van der Waals surface area (Å²) in [5.41, 5.74) is 1.81. The van der Waals surface area contributed by atoms with Crippen molar-refractivity contribution in [3.05, 3.63) is 70.5 Å². The number of carbonyl (C=O) groups is 1. The summed E-state index contributed by atoms with van der Waals surface area (Å²) in [7, 11) is 0. The zero-order valence-corrected chi connectivity index (χ0v) is 12.2. The van der Waals surface area contributed by atoms with E-state index in [1.165, 1.54) is 12.1 Å². The van der Waals surface area contributed by atoms with Crippen molar-refractivity contribution in [2.45, 2.75) is 13.1 Å². The Morgan fingerprint density at radius 1 is 1.05 bits per heavy atom. The summed E-state index contributed by atoms with van der Waals surface area (Å²) >= 11 is 6.02. The van der Waals surface area contributed by atoms with Gasteiger partial charge in [0.1, 0.15) is 5.82 Å². The van der Waals surface area contributed by atoms with E-state index < -0.39 is 0 Å². The van der Waals surface area contributed by atoms with Crippen LogP contribution in [0.5, 0.6) is 0 Å². The molecule has 0 aliphatic carbocycles. The molecular weight excluding hydrogens is 291 g/mol. The number of halogens is 2. The van der Waals surface area contributed by atoms with Crippen LogP contribution in [0.3, 0.4) is 0 Å². The van der Waals surface area contributed by atoms with Crippen molar-refractivity contribution in [2.24, 2.45) is 0 Å². The van der Waals surface area contributed by atoms with Crippen molar-refractivity contribution in [3.8, 4) is 0 Å². The molecule has 1 amide bonds. The molecule has 0 fully saturated rings. The summed E-state index contributed by atoms with van der Waals surface area (Å²) in [5.74, 6) is -0.405. The van der Waals surface area contributed by atoms with Crippen molar-refractivity contribution < 1.29 is 9.18 Å². The summed E-state index contributed by atoms with van der Waals surface area (Å²) in [5, 5.41) is 6.47. The van der Waals surface area contributed by atoms with Crippen LogP contribution in [0.1, 0.15) is 11.1 Å². The lowest BCUT2D eigenvalue weighted by Crippen LogP contribution is -2.33. The van der Waals surface area contributed by atoms with Crippen LogP contribution < -0.4 is 10.6 Å². The highest BCUT2D eigenvalue weighted by Gasteiger charge is 2.03. The predicted molar refractivity (Wildman–Crippen MR) is 81.4 cm³/mol. The number of benzene rings is 2. The minimum atomic E-state index is -0.286. The summed E-state index contributed by atoms with van der Waals surface area (Å²) in [4.78, 5) is 11.7. The zero-order valence-electron chi connectivity index (χ0n) is 11.4. The third-order valence-electron chi connectivity index (χ3n) is 2.96. The molecule has 0 bridgehead atoms. The SMILES string of the molecule is O=C(CNCc1ccccc1Cl)NCc1ccc(F)cc1. The minimum Gasteiger partial charge on any atom is -0.351 e. The van der Waals surface area contributed by atoms with Crippen molar-refractivity contribution in [2.75, 3.05) is 6.54 Å². The number of hydrogen-bond donors (Lipinski definition) is 2. The first kappa shape index (κ1) is 15.5. The molecule has 110 valence electrons. The van der Waals surface area contributed by atoms with Gasteiger partial charge in [0.25, 0.3) is 0 Å². The number of carbonyl (C=O) groups excluding carboxylic acids is 1. The monoisotopic (exact) mass is 306 g/mol. The lowest BCUT2D eigenvalue weighted by atomic mass is 10.2. The first-order valence-electron chi connectivity index (χ1n) is 6.60. The minimum absolute atomic E-state index is 0.119. The molecule has 0 aliphatic rings. The Balaban J connectivity index is 1.70. The number of nitrogens with one attached hydrogen (secondary N) is 2. The lowest BCUT2D eigenvalue weighted by molar-refractivity contribution is -0.120. The average Bonchev–Trinajstić information content (AvgIpc) is 2.49. The van der Waals surface area contributed by atoms with Crippen LogP contribution in [-0.4, -0.2) is 12.5 Å². The standard InChI is InChI=1S/C16H16ClFN2O/c17-15-4-2-1-3-13(15)10-19-11-16(21)20-9-12-5-7-14(18)8-6-12/h1-8,19H,9-11H2,(H,20,21). The highest BCUT2D eigenvalue weighted by molar-refractivity contribution is 6.31. The molecule has 2 N–H and O–H groups in total. The number of amides is 1. The lowest BCUT2D eigenvalue weighted by Gasteiger charge is -2.08. The first-order valence-corrected chi connectivity index (χ1v) is 6.98. The van der Waals surface area contributed by atoms with E-state index in [1.54, 1.807) is 12.1 Å². The van der Waals surface area contributed by atoms with Crippen molar-refractivity contribution in [1.82, 2.24) is 10.6 Å². The molecule has 0 aromatic heterocycles. The number of rotatable bonds is 6. The van der Waals surface area contributed by atoms with Crippen LogP contribution in [-0.2, 0) is 17.9 Å². The molecule has 0 saturated heterocycles. The fourth-order valence-corrected chi connectivity index (χ4v) is 2.02. The van der Waals surface area contributed by atoms with Gasteiger partial charge in [0, 0.05) is 18.1 Å². The third kappa shape index (κ3) is 5.17. The van der Waals surface area contributed by atoms with Crippen molar-refractivity contribution in [3.63, 3.8) is 0 Å². The van der Waals surface area contributed by atoms with E-state index in [0.29, 0.717) is 18.1 Å². The van der Waals surface area contributed by atoms with Crippen LogP contribution in [0.2, 0.25) is 5.02 Å². The topological polar surface area (TPSA) is 41.1 Å². The van der Waals surface area contributed by atoms with Gasteiger partial charge in [-0.25, -0.2) is 4.39 Å². The Morgan fingerprint density at radius 2 is 1.76 bits per heavy atom. The normalized spacial score (nSPS) is 10.4. The van der Waals surface area contributed by atoms with Crippen molar-refractivity contribution in [1.29, 1.82) is 0 Å². The highest BCUT2D eigenvalue weighted by Crippen LogP contribution is 2.13. The molecule has 0 spiro atoms. The Labute approximate surface area is 128 Å². The maximum Gasteiger partial charge on any atom is 0.234 e. The third-order valence-corrected chi connectivity index (χ3v) is 3.33. The van der Waals surface area contributed by atoms with Crippen LogP contribution in [0, 0.1) is 5.82 Å². The fraction of sp³-hybridized carbons (Fsp3) is 0.188. The van der Waals surface area contributed by atoms with Gasteiger partial charge >= 0.3 is 0 Å². The van der Waals surface area contributed by atoms with E-state index in [0.717, 1.165) is 11.1 Å². The molecule has 0 aliphatic heterocycles. The summed E-state index contributed by atoms with van der Waals surface area (Å²) in [6, 6.07) is 13.5. The largest absolute Gasteiger partial charge is 0.351 e. The van der Waals surface area contributed by atoms with Crippen LogP contribution in [0.4, 0.5) is 4.39 Å². The van der Waals surface area contributed by atoms with Crippen LogP contribution in [0.15, 0.2) is 48.5 Å². The van der Waals surface area contributed by atoms with E-state index in [9.17, 15) is 9.18 Å². The van der Waals surface area contributed by atoms with E-state index >= 15 is 0 Å². The molecule has 0 atom stereocenters. The Bertz CT molecular complexity index is 601. The molecule has 0 unspecified atom stereocenters. The number of hydrogen-bond acceptors (Lipinski definition) is 2. The molecule has 0 heterocycles. The van der Waals surface area contributed by atoms with Gasteiger partial charge in [0.05, 0.1) is 6.54 Å². The van der Waals surface area contributed by atoms with Gasteiger partial charge in [-0.1, -0.05) is 41.9 Å². The van der Waals surface area contributed by atoms with E-state index in [-0.39, 0.29) is 18.3 Å². The second-order valence-electron chi connectivity index (χ2n) is 4.60. The Hall–Kier alpha value is -1.91.